The molecule has 2 aromatic heterocycles. The van der Waals surface area contributed by atoms with Crippen molar-refractivity contribution in [1.29, 1.82) is 0 Å². The molecule has 1 nitrogen and oxygen atoms in total. The van der Waals surface area contributed by atoms with Crippen LogP contribution in [0.2, 0.25) is 0 Å². The largest absolute Gasteiger partial charge is 0.309 e. The fourth-order valence-electron chi connectivity index (χ4n) is 4.71. The standard InChI is InChI=1S/C33H23NS/c1-2-3-12-25(16-15-24-10-6-4-7-11-24)26-17-18-31-29(21-26)30-23-33-27(19-20-35-33)22-32(30)34(31)28-13-8-5-9-14-28/h1,4-23H,3H2/b16-15-,25-12+. The molecule has 0 saturated heterocycles. The third-order valence-corrected chi connectivity index (χ3v) is 7.26. The van der Waals surface area contributed by atoms with Crippen molar-refractivity contribution in [2.45, 2.75) is 6.42 Å². The van der Waals surface area contributed by atoms with Crippen molar-refractivity contribution < 1.29 is 0 Å². The molecule has 0 fully saturated rings. The molecule has 0 aliphatic carbocycles. The van der Waals surface area contributed by atoms with Gasteiger partial charge in [-0.2, -0.15) is 0 Å². The summed E-state index contributed by atoms with van der Waals surface area (Å²) in [6, 6.07) is 34.6. The molecule has 166 valence electrons. The molecule has 2 heterocycles. The highest BCUT2D eigenvalue weighted by molar-refractivity contribution is 7.17. The lowest BCUT2D eigenvalue weighted by Gasteiger charge is -2.08. The smallest absolute Gasteiger partial charge is 0.0548 e. The third kappa shape index (κ3) is 3.97. The summed E-state index contributed by atoms with van der Waals surface area (Å²) in [5.74, 6) is 2.76. The van der Waals surface area contributed by atoms with Gasteiger partial charge in [-0.15, -0.1) is 23.7 Å². The van der Waals surface area contributed by atoms with E-state index in [9.17, 15) is 0 Å². The normalized spacial score (nSPS) is 12.1. The molecule has 0 atom stereocenters. The topological polar surface area (TPSA) is 4.93 Å². The average Bonchev–Trinajstić information content (AvgIpc) is 3.50. The molecule has 0 unspecified atom stereocenters. The number of nitrogens with zero attached hydrogens (tertiary/aromatic N) is 1. The predicted molar refractivity (Wildman–Crippen MR) is 153 cm³/mol. The molecule has 6 rings (SSSR count). The molecule has 0 N–H and O–H groups in total. The third-order valence-electron chi connectivity index (χ3n) is 6.38. The first-order valence-corrected chi connectivity index (χ1v) is 12.6. The Morgan fingerprint density at radius 1 is 0.829 bits per heavy atom. The van der Waals surface area contributed by atoms with Crippen LogP contribution in [-0.4, -0.2) is 4.57 Å². The molecule has 0 aliphatic rings. The van der Waals surface area contributed by atoms with Crippen molar-refractivity contribution >= 4 is 54.9 Å². The van der Waals surface area contributed by atoms with Gasteiger partial charge in [-0.25, -0.2) is 0 Å². The number of rotatable bonds is 5. The number of fused-ring (bicyclic) bond motifs is 4. The Balaban J connectivity index is 1.58. The summed E-state index contributed by atoms with van der Waals surface area (Å²) in [4.78, 5) is 0. The van der Waals surface area contributed by atoms with Crippen LogP contribution in [-0.2, 0) is 0 Å². The van der Waals surface area contributed by atoms with Crippen molar-refractivity contribution in [3.8, 4) is 18.0 Å². The van der Waals surface area contributed by atoms with Crippen LogP contribution in [0.4, 0.5) is 0 Å². The average molecular weight is 466 g/mol. The van der Waals surface area contributed by atoms with Gasteiger partial charge in [0.25, 0.3) is 0 Å². The van der Waals surface area contributed by atoms with E-state index in [1.165, 1.54) is 48.7 Å². The Morgan fingerprint density at radius 3 is 2.40 bits per heavy atom. The molecule has 0 saturated carbocycles. The van der Waals surface area contributed by atoms with Crippen LogP contribution in [0.3, 0.4) is 0 Å². The zero-order valence-corrected chi connectivity index (χ0v) is 20.0. The van der Waals surface area contributed by atoms with Gasteiger partial charge < -0.3 is 4.57 Å². The Bertz CT molecular complexity index is 1760. The lowest BCUT2D eigenvalue weighted by Crippen LogP contribution is -1.93. The number of aromatic nitrogens is 1. The Labute approximate surface area is 209 Å². The summed E-state index contributed by atoms with van der Waals surface area (Å²) in [5, 5.41) is 5.96. The second-order valence-corrected chi connectivity index (χ2v) is 9.49. The van der Waals surface area contributed by atoms with E-state index in [2.05, 4.69) is 125 Å². The van der Waals surface area contributed by atoms with Crippen LogP contribution in [0, 0.1) is 12.3 Å². The minimum atomic E-state index is 0.591. The summed E-state index contributed by atoms with van der Waals surface area (Å²) in [7, 11) is 0. The highest BCUT2D eigenvalue weighted by atomic mass is 32.1. The highest BCUT2D eigenvalue weighted by Crippen LogP contribution is 2.37. The first kappa shape index (κ1) is 21.2. The maximum Gasteiger partial charge on any atom is 0.0548 e. The number of para-hydroxylation sites is 1. The molecule has 35 heavy (non-hydrogen) atoms. The van der Waals surface area contributed by atoms with Gasteiger partial charge in [0.2, 0.25) is 0 Å². The Morgan fingerprint density at radius 2 is 1.60 bits per heavy atom. The van der Waals surface area contributed by atoms with E-state index in [0.29, 0.717) is 6.42 Å². The summed E-state index contributed by atoms with van der Waals surface area (Å²) < 4.78 is 3.68. The van der Waals surface area contributed by atoms with Crippen LogP contribution >= 0.6 is 11.3 Å². The molecule has 6 aromatic rings. The lowest BCUT2D eigenvalue weighted by atomic mass is 10.0. The number of allylic oxidation sites excluding steroid dienone is 3. The molecular weight excluding hydrogens is 442 g/mol. The van der Waals surface area contributed by atoms with Crippen LogP contribution in [0.1, 0.15) is 17.5 Å². The fraction of sp³-hybridized carbons (Fsp3) is 0.0303. The van der Waals surface area contributed by atoms with E-state index >= 15 is 0 Å². The molecule has 0 spiro atoms. The SMILES string of the molecule is C#CC/C=C(\C=C/c1ccccc1)c1ccc2c(c1)c1cc3sccc3cc1n2-c1ccccc1. The van der Waals surface area contributed by atoms with Gasteiger partial charge in [0.15, 0.2) is 0 Å². The van der Waals surface area contributed by atoms with E-state index in [0.717, 1.165) is 5.57 Å². The van der Waals surface area contributed by atoms with Gasteiger partial charge >= 0.3 is 0 Å². The van der Waals surface area contributed by atoms with E-state index in [1.54, 1.807) is 11.3 Å². The number of thiophene rings is 1. The molecule has 2 heteroatoms. The zero-order valence-electron chi connectivity index (χ0n) is 19.2. The minimum Gasteiger partial charge on any atom is -0.309 e. The van der Waals surface area contributed by atoms with Gasteiger partial charge in [-0.05, 0) is 69.9 Å². The monoisotopic (exact) mass is 465 g/mol. The highest BCUT2D eigenvalue weighted by Gasteiger charge is 2.15. The van der Waals surface area contributed by atoms with Gasteiger partial charge in [0.05, 0.1) is 11.0 Å². The first-order valence-electron chi connectivity index (χ1n) is 11.7. The van der Waals surface area contributed by atoms with E-state index in [-0.39, 0.29) is 0 Å². The van der Waals surface area contributed by atoms with Gasteiger partial charge in [-0.3, -0.25) is 0 Å². The molecule has 0 aliphatic heterocycles. The summed E-state index contributed by atoms with van der Waals surface area (Å²) >= 11 is 1.79. The Kier molecular flexibility index (Phi) is 5.54. The summed E-state index contributed by atoms with van der Waals surface area (Å²) in [6.45, 7) is 0. The van der Waals surface area contributed by atoms with Crippen molar-refractivity contribution in [2.75, 3.05) is 0 Å². The van der Waals surface area contributed by atoms with Crippen molar-refractivity contribution in [3.05, 3.63) is 126 Å². The molecule has 0 bridgehead atoms. The molecule has 0 radical (unpaired) electrons. The van der Waals surface area contributed by atoms with Crippen molar-refractivity contribution in [2.24, 2.45) is 0 Å². The molecule has 4 aromatic carbocycles. The zero-order chi connectivity index (χ0) is 23.6. The number of benzene rings is 4. The van der Waals surface area contributed by atoms with E-state index in [1.807, 2.05) is 6.07 Å². The van der Waals surface area contributed by atoms with Crippen molar-refractivity contribution in [3.63, 3.8) is 0 Å². The predicted octanol–water partition coefficient (Wildman–Crippen LogP) is 9.12. The molecule has 0 amide bonds. The summed E-state index contributed by atoms with van der Waals surface area (Å²) in [5.41, 5.74) is 7.06. The van der Waals surface area contributed by atoms with E-state index in [4.69, 9.17) is 6.42 Å². The number of terminal acetylenes is 1. The van der Waals surface area contributed by atoms with Gasteiger partial charge in [0.1, 0.15) is 0 Å². The first-order chi connectivity index (χ1) is 17.3. The van der Waals surface area contributed by atoms with Gasteiger partial charge in [-0.1, -0.05) is 72.8 Å². The second-order valence-electron chi connectivity index (χ2n) is 8.54. The van der Waals surface area contributed by atoms with Crippen LogP contribution in [0.5, 0.6) is 0 Å². The van der Waals surface area contributed by atoms with Crippen LogP contribution in [0.15, 0.2) is 115 Å². The quantitative estimate of drug-likeness (QED) is 0.177. The lowest BCUT2D eigenvalue weighted by molar-refractivity contribution is 1.18. The minimum absolute atomic E-state index is 0.591. The molecular formula is C33H23NS. The van der Waals surface area contributed by atoms with Crippen molar-refractivity contribution in [1.82, 2.24) is 4.57 Å². The Hall–Kier alpha value is -4.32. The maximum absolute atomic E-state index is 5.62. The number of hydrogen-bond donors (Lipinski definition) is 0. The summed E-state index contributed by atoms with van der Waals surface area (Å²) in [6.07, 6.45) is 12.7. The van der Waals surface area contributed by atoms with Crippen LogP contribution in [0.25, 0.3) is 49.2 Å². The number of hydrogen-bond acceptors (Lipinski definition) is 1. The second kappa shape index (κ2) is 9.14. The van der Waals surface area contributed by atoms with E-state index < -0.39 is 0 Å². The maximum atomic E-state index is 5.62. The fourth-order valence-corrected chi connectivity index (χ4v) is 5.52. The van der Waals surface area contributed by atoms with Crippen LogP contribution < -0.4 is 0 Å². The van der Waals surface area contributed by atoms with Gasteiger partial charge in [0, 0.05) is 27.6 Å².